The van der Waals surface area contributed by atoms with Gasteiger partial charge < -0.3 is 10.2 Å². The first-order chi connectivity index (χ1) is 8.15. The zero-order valence-electron chi connectivity index (χ0n) is 11.7. The highest BCUT2D eigenvalue weighted by molar-refractivity contribution is 5.76. The molecule has 0 aromatic rings. The van der Waals surface area contributed by atoms with Gasteiger partial charge in [0.2, 0.25) is 5.91 Å². The number of hydrogen-bond acceptors (Lipinski definition) is 2. The average Bonchev–Trinajstić information content (AvgIpc) is 2.36. The number of piperidine rings is 1. The molecule has 0 aromatic carbocycles. The van der Waals surface area contributed by atoms with Crippen LogP contribution in [0.5, 0.6) is 0 Å². The van der Waals surface area contributed by atoms with Crippen LogP contribution in [0.2, 0.25) is 0 Å². The van der Waals surface area contributed by atoms with Crippen molar-refractivity contribution in [3.8, 4) is 0 Å². The first kappa shape index (κ1) is 14.5. The molecule has 1 amide bonds. The molecule has 1 aliphatic rings. The van der Waals surface area contributed by atoms with Gasteiger partial charge in [-0.2, -0.15) is 0 Å². The summed E-state index contributed by atoms with van der Waals surface area (Å²) in [7, 11) is 1.93. The van der Waals surface area contributed by atoms with Crippen LogP contribution in [0.15, 0.2) is 0 Å². The van der Waals surface area contributed by atoms with Crippen molar-refractivity contribution in [3.63, 3.8) is 0 Å². The minimum atomic E-state index is 0.316. The number of nitrogens with one attached hydrogen (secondary N) is 1. The van der Waals surface area contributed by atoms with Crippen LogP contribution >= 0.6 is 0 Å². The third-order valence-electron chi connectivity index (χ3n) is 3.91. The number of nitrogens with zero attached hydrogens (tertiary/aromatic N) is 1. The van der Waals surface area contributed by atoms with Gasteiger partial charge in [-0.05, 0) is 44.2 Å². The quantitative estimate of drug-likeness (QED) is 0.772. The maximum absolute atomic E-state index is 12.0. The number of carbonyl (C=O) groups excluding carboxylic acids is 1. The van der Waals surface area contributed by atoms with Crippen LogP contribution in [0.1, 0.15) is 46.0 Å². The number of rotatable bonds is 6. The molecule has 0 radical (unpaired) electrons. The van der Waals surface area contributed by atoms with Gasteiger partial charge in [0.1, 0.15) is 0 Å². The third kappa shape index (κ3) is 5.07. The molecule has 0 aromatic heterocycles. The van der Waals surface area contributed by atoms with Crippen LogP contribution in [0.25, 0.3) is 0 Å². The summed E-state index contributed by atoms with van der Waals surface area (Å²) >= 11 is 0. The zero-order valence-corrected chi connectivity index (χ0v) is 11.7. The molecule has 17 heavy (non-hydrogen) atoms. The van der Waals surface area contributed by atoms with Gasteiger partial charge in [-0.25, -0.2) is 0 Å². The molecule has 0 spiro atoms. The summed E-state index contributed by atoms with van der Waals surface area (Å²) in [4.78, 5) is 13.9. The van der Waals surface area contributed by atoms with Crippen molar-refractivity contribution in [2.45, 2.75) is 46.0 Å². The largest absolute Gasteiger partial charge is 0.346 e. The summed E-state index contributed by atoms with van der Waals surface area (Å²) < 4.78 is 0. The fourth-order valence-corrected chi connectivity index (χ4v) is 2.48. The highest BCUT2D eigenvalue weighted by atomic mass is 16.2. The van der Waals surface area contributed by atoms with Crippen molar-refractivity contribution < 1.29 is 4.79 Å². The molecule has 0 saturated carbocycles. The second kappa shape index (κ2) is 7.70. The minimum Gasteiger partial charge on any atom is -0.346 e. The van der Waals surface area contributed by atoms with E-state index in [-0.39, 0.29) is 0 Å². The van der Waals surface area contributed by atoms with Crippen molar-refractivity contribution in [3.05, 3.63) is 0 Å². The Bertz CT molecular complexity index is 224. The monoisotopic (exact) mass is 240 g/mol. The lowest BCUT2D eigenvalue weighted by Crippen LogP contribution is -2.36. The van der Waals surface area contributed by atoms with E-state index in [4.69, 9.17) is 0 Å². The molecular weight excluding hydrogens is 212 g/mol. The van der Waals surface area contributed by atoms with Crippen molar-refractivity contribution in [1.82, 2.24) is 10.2 Å². The van der Waals surface area contributed by atoms with Crippen LogP contribution in [0.4, 0.5) is 0 Å². The van der Waals surface area contributed by atoms with E-state index in [0.717, 1.165) is 32.5 Å². The van der Waals surface area contributed by atoms with E-state index in [0.29, 0.717) is 24.2 Å². The number of unbranched alkanes of at least 4 members (excludes halogenated alkanes) is 1. The van der Waals surface area contributed by atoms with Gasteiger partial charge >= 0.3 is 0 Å². The Morgan fingerprint density at radius 1 is 1.53 bits per heavy atom. The average molecular weight is 240 g/mol. The zero-order chi connectivity index (χ0) is 12.7. The van der Waals surface area contributed by atoms with E-state index in [2.05, 4.69) is 19.2 Å². The Kier molecular flexibility index (Phi) is 6.56. The Morgan fingerprint density at radius 3 is 2.88 bits per heavy atom. The summed E-state index contributed by atoms with van der Waals surface area (Å²) in [5.74, 6) is 1.52. The summed E-state index contributed by atoms with van der Waals surface area (Å²) in [5.41, 5.74) is 0. The smallest absolute Gasteiger partial charge is 0.222 e. The summed E-state index contributed by atoms with van der Waals surface area (Å²) in [6, 6.07) is 0. The van der Waals surface area contributed by atoms with Gasteiger partial charge in [0.15, 0.2) is 0 Å². The number of carbonyl (C=O) groups is 1. The molecule has 1 N–H and O–H groups in total. The second-order valence-corrected chi connectivity index (χ2v) is 5.46. The molecule has 2 atom stereocenters. The van der Waals surface area contributed by atoms with Gasteiger partial charge in [-0.1, -0.05) is 20.3 Å². The van der Waals surface area contributed by atoms with E-state index < -0.39 is 0 Å². The molecule has 0 aliphatic carbocycles. The first-order valence-electron chi connectivity index (χ1n) is 7.09. The van der Waals surface area contributed by atoms with E-state index in [9.17, 15) is 4.79 Å². The number of amides is 1. The van der Waals surface area contributed by atoms with Crippen LogP contribution in [0.3, 0.4) is 0 Å². The van der Waals surface area contributed by atoms with Gasteiger partial charge in [-0.3, -0.25) is 4.79 Å². The van der Waals surface area contributed by atoms with Crippen LogP contribution in [-0.2, 0) is 4.79 Å². The molecular formula is C14H28N2O. The molecule has 2 unspecified atom stereocenters. The van der Waals surface area contributed by atoms with Crippen molar-refractivity contribution >= 4 is 5.91 Å². The molecule has 1 fully saturated rings. The topological polar surface area (TPSA) is 32.3 Å². The highest BCUT2D eigenvalue weighted by Gasteiger charge is 2.23. The maximum atomic E-state index is 12.0. The lowest BCUT2D eigenvalue weighted by atomic mass is 9.85. The molecule has 1 rings (SSSR count). The van der Waals surface area contributed by atoms with Crippen LogP contribution in [-0.4, -0.2) is 37.5 Å². The standard InChI is InChI=1S/C14H28N2O/c1-4-5-9-16(3)14(17)10-12(2)13-7-6-8-15-11-13/h12-13,15H,4-11H2,1-3H3. The lowest BCUT2D eigenvalue weighted by Gasteiger charge is -2.29. The molecule has 100 valence electrons. The fourth-order valence-electron chi connectivity index (χ4n) is 2.48. The van der Waals surface area contributed by atoms with Gasteiger partial charge in [-0.15, -0.1) is 0 Å². The molecule has 1 saturated heterocycles. The molecule has 1 heterocycles. The second-order valence-electron chi connectivity index (χ2n) is 5.46. The van der Waals surface area contributed by atoms with E-state index in [1.165, 1.54) is 12.8 Å². The normalized spacial score (nSPS) is 22.2. The predicted molar refractivity (Wildman–Crippen MR) is 71.9 cm³/mol. The Hall–Kier alpha value is -0.570. The molecule has 3 heteroatoms. The van der Waals surface area contributed by atoms with E-state index >= 15 is 0 Å². The molecule has 1 aliphatic heterocycles. The van der Waals surface area contributed by atoms with E-state index in [1.807, 2.05) is 11.9 Å². The van der Waals surface area contributed by atoms with Crippen LogP contribution in [0, 0.1) is 11.8 Å². The van der Waals surface area contributed by atoms with Gasteiger partial charge in [0, 0.05) is 20.0 Å². The summed E-state index contributed by atoms with van der Waals surface area (Å²) in [5, 5.41) is 3.43. The summed E-state index contributed by atoms with van der Waals surface area (Å²) in [6.45, 7) is 7.53. The minimum absolute atomic E-state index is 0.316. The van der Waals surface area contributed by atoms with Crippen molar-refractivity contribution in [2.24, 2.45) is 11.8 Å². The first-order valence-corrected chi connectivity index (χ1v) is 7.09. The number of hydrogen-bond donors (Lipinski definition) is 1. The molecule has 0 bridgehead atoms. The summed E-state index contributed by atoms with van der Waals surface area (Å²) in [6.07, 6.45) is 5.52. The Morgan fingerprint density at radius 2 is 2.29 bits per heavy atom. The van der Waals surface area contributed by atoms with Crippen molar-refractivity contribution in [1.29, 1.82) is 0 Å². The lowest BCUT2D eigenvalue weighted by molar-refractivity contribution is -0.131. The van der Waals surface area contributed by atoms with Gasteiger partial charge in [0.05, 0.1) is 0 Å². The Balaban J connectivity index is 2.28. The van der Waals surface area contributed by atoms with E-state index in [1.54, 1.807) is 0 Å². The third-order valence-corrected chi connectivity index (χ3v) is 3.91. The molecule has 3 nitrogen and oxygen atoms in total. The Labute approximate surface area is 106 Å². The maximum Gasteiger partial charge on any atom is 0.222 e. The SMILES string of the molecule is CCCCN(C)C(=O)CC(C)C1CCCNC1. The van der Waals surface area contributed by atoms with Crippen LogP contribution < -0.4 is 5.32 Å². The van der Waals surface area contributed by atoms with Crippen molar-refractivity contribution in [2.75, 3.05) is 26.7 Å². The highest BCUT2D eigenvalue weighted by Crippen LogP contribution is 2.23. The van der Waals surface area contributed by atoms with Gasteiger partial charge in [0.25, 0.3) is 0 Å². The fraction of sp³-hybridized carbons (Fsp3) is 0.929. The predicted octanol–water partition coefficient (Wildman–Crippen LogP) is 2.27.